The third-order valence-electron chi connectivity index (χ3n) is 5.61. The molecule has 4 rings (SSSR count). The fourth-order valence-corrected chi connectivity index (χ4v) is 3.59. The Labute approximate surface area is 232 Å². The van der Waals surface area contributed by atoms with Gasteiger partial charge in [-0.15, -0.1) is 0 Å². The van der Waals surface area contributed by atoms with Gasteiger partial charge in [0.15, 0.2) is 11.5 Å². The number of hydrogen-bond donors (Lipinski definition) is 2. The molecule has 0 aliphatic carbocycles. The Morgan fingerprint density at radius 1 is 0.756 bits per heavy atom. The molecule has 0 radical (unpaired) electrons. The number of amides is 2. The van der Waals surface area contributed by atoms with Crippen molar-refractivity contribution >= 4 is 29.7 Å². The topological polar surface area (TPSA) is 106 Å². The van der Waals surface area contributed by atoms with E-state index < -0.39 is 29.5 Å². The van der Waals surface area contributed by atoms with Crippen molar-refractivity contribution in [3.63, 3.8) is 0 Å². The molecule has 0 spiro atoms. The highest BCUT2D eigenvalue weighted by molar-refractivity contribution is 6.05. The number of hydrogen-bond acceptors (Lipinski definition) is 6. The van der Waals surface area contributed by atoms with Crippen molar-refractivity contribution in [1.29, 1.82) is 0 Å². The first-order chi connectivity index (χ1) is 19.6. The van der Waals surface area contributed by atoms with Gasteiger partial charge in [-0.1, -0.05) is 30.3 Å². The van der Waals surface area contributed by atoms with E-state index in [-0.39, 0.29) is 28.3 Å². The minimum absolute atomic E-state index is 0.143. The summed E-state index contributed by atoms with van der Waals surface area (Å²) in [7, 11) is 1.41. The number of methoxy groups -OCH3 is 1. The zero-order valence-electron chi connectivity index (χ0n) is 21.4. The van der Waals surface area contributed by atoms with E-state index in [1.54, 1.807) is 42.5 Å². The van der Waals surface area contributed by atoms with Crippen LogP contribution in [0.15, 0.2) is 102 Å². The van der Waals surface area contributed by atoms with Gasteiger partial charge in [-0.25, -0.2) is 10.2 Å². The van der Waals surface area contributed by atoms with E-state index in [1.165, 1.54) is 49.7 Å². The number of carbonyl (C=O) groups is 3. The normalized spacial score (nSPS) is 11.1. The van der Waals surface area contributed by atoms with Gasteiger partial charge in [0.05, 0.1) is 24.5 Å². The monoisotopic (exact) mass is 561 g/mol. The molecule has 41 heavy (non-hydrogen) atoms. The zero-order chi connectivity index (χ0) is 29.4. The Kier molecular flexibility index (Phi) is 8.78. The molecule has 0 heterocycles. The molecular weight excluding hydrogens is 539 g/mol. The van der Waals surface area contributed by atoms with Crippen LogP contribution in [-0.4, -0.2) is 31.1 Å². The SMILES string of the molecule is COc1cc(C=NNC(=O)c2cccc(NC(=O)c3cccc(C(F)(F)F)c3)c2)ccc1OC(=O)c1ccccc1. The summed E-state index contributed by atoms with van der Waals surface area (Å²) in [6.07, 6.45) is -3.24. The van der Waals surface area contributed by atoms with Gasteiger partial charge < -0.3 is 14.8 Å². The number of anilines is 1. The third kappa shape index (κ3) is 7.57. The molecule has 0 unspecified atom stereocenters. The van der Waals surface area contributed by atoms with Crippen LogP contribution < -0.4 is 20.2 Å². The van der Waals surface area contributed by atoms with Gasteiger partial charge in [-0.05, 0) is 72.3 Å². The van der Waals surface area contributed by atoms with E-state index in [1.807, 2.05) is 0 Å². The first-order valence-electron chi connectivity index (χ1n) is 12.0. The molecule has 0 saturated carbocycles. The molecule has 4 aromatic rings. The van der Waals surface area contributed by atoms with Crippen LogP contribution in [0, 0.1) is 0 Å². The second-order valence-corrected chi connectivity index (χ2v) is 8.48. The molecule has 0 aromatic heterocycles. The Morgan fingerprint density at radius 3 is 2.15 bits per heavy atom. The van der Waals surface area contributed by atoms with Gasteiger partial charge in [-0.2, -0.15) is 18.3 Å². The van der Waals surface area contributed by atoms with Crippen molar-refractivity contribution in [1.82, 2.24) is 5.43 Å². The van der Waals surface area contributed by atoms with E-state index in [4.69, 9.17) is 9.47 Å². The van der Waals surface area contributed by atoms with Crippen LogP contribution in [0.3, 0.4) is 0 Å². The summed E-state index contributed by atoms with van der Waals surface area (Å²) in [5, 5.41) is 6.40. The van der Waals surface area contributed by atoms with Crippen LogP contribution in [0.2, 0.25) is 0 Å². The second kappa shape index (κ2) is 12.6. The van der Waals surface area contributed by atoms with E-state index in [2.05, 4.69) is 15.8 Å². The van der Waals surface area contributed by atoms with Crippen molar-refractivity contribution in [2.75, 3.05) is 12.4 Å². The lowest BCUT2D eigenvalue weighted by atomic mass is 10.1. The zero-order valence-corrected chi connectivity index (χ0v) is 21.4. The predicted molar refractivity (Wildman–Crippen MR) is 145 cm³/mol. The molecule has 0 saturated heterocycles. The van der Waals surface area contributed by atoms with E-state index in [0.29, 0.717) is 11.1 Å². The molecule has 11 heteroatoms. The van der Waals surface area contributed by atoms with Gasteiger partial charge in [-0.3, -0.25) is 9.59 Å². The number of nitrogens with zero attached hydrogens (tertiary/aromatic N) is 1. The van der Waals surface area contributed by atoms with Crippen molar-refractivity contribution in [2.45, 2.75) is 6.18 Å². The van der Waals surface area contributed by atoms with Crippen LogP contribution in [0.4, 0.5) is 18.9 Å². The molecule has 0 aliphatic heterocycles. The summed E-state index contributed by atoms with van der Waals surface area (Å²) in [6, 6.07) is 23.0. The highest BCUT2D eigenvalue weighted by Crippen LogP contribution is 2.30. The minimum Gasteiger partial charge on any atom is -0.493 e. The van der Waals surface area contributed by atoms with Crippen LogP contribution in [0.5, 0.6) is 11.5 Å². The number of carbonyl (C=O) groups excluding carboxylic acids is 3. The maximum atomic E-state index is 13.0. The lowest BCUT2D eigenvalue weighted by Gasteiger charge is -2.10. The molecule has 0 fully saturated rings. The maximum Gasteiger partial charge on any atom is 0.416 e. The molecule has 0 atom stereocenters. The standard InChI is InChI=1S/C30H22F3N3O5/c1-40-26-15-19(13-14-25(26)41-29(39)20-7-3-2-4-8-20)18-34-36-28(38)22-10-6-12-24(17-22)35-27(37)21-9-5-11-23(16-21)30(31,32)33/h2-18H,1H3,(H,35,37)(H,36,38). The molecule has 208 valence electrons. The van der Waals surface area contributed by atoms with Gasteiger partial charge in [0.1, 0.15) is 0 Å². The third-order valence-corrected chi connectivity index (χ3v) is 5.61. The van der Waals surface area contributed by atoms with Crippen LogP contribution in [0.1, 0.15) is 42.2 Å². The molecule has 4 aromatic carbocycles. The van der Waals surface area contributed by atoms with Crippen LogP contribution >= 0.6 is 0 Å². The van der Waals surface area contributed by atoms with Crippen LogP contribution in [0.25, 0.3) is 0 Å². The second-order valence-electron chi connectivity index (χ2n) is 8.48. The Morgan fingerprint density at radius 2 is 1.44 bits per heavy atom. The summed E-state index contributed by atoms with van der Waals surface area (Å²) in [6.45, 7) is 0. The fraction of sp³-hybridized carbons (Fsp3) is 0.0667. The smallest absolute Gasteiger partial charge is 0.416 e. The quantitative estimate of drug-likeness (QED) is 0.120. The van der Waals surface area contributed by atoms with E-state index in [9.17, 15) is 27.6 Å². The summed E-state index contributed by atoms with van der Waals surface area (Å²) in [4.78, 5) is 37.4. The number of benzene rings is 4. The average Bonchev–Trinajstić information content (AvgIpc) is 2.98. The molecule has 2 amide bonds. The van der Waals surface area contributed by atoms with E-state index in [0.717, 1.165) is 18.2 Å². The predicted octanol–water partition coefficient (Wildman–Crippen LogP) is 5.95. The molecule has 0 aliphatic rings. The maximum absolute atomic E-state index is 13.0. The number of alkyl halides is 3. The van der Waals surface area contributed by atoms with Gasteiger partial charge in [0.2, 0.25) is 0 Å². The molecule has 2 N–H and O–H groups in total. The summed E-state index contributed by atoms with van der Waals surface area (Å²) >= 11 is 0. The number of rotatable bonds is 8. The molecule has 0 bridgehead atoms. The van der Waals surface area contributed by atoms with Gasteiger partial charge >= 0.3 is 12.1 Å². The number of hydrazone groups is 1. The lowest BCUT2D eigenvalue weighted by Crippen LogP contribution is -2.18. The summed E-state index contributed by atoms with van der Waals surface area (Å²) in [5.74, 6) is -1.44. The number of halogens is 3. The Hall–Kier alpha value is -5.45. The Balaban J connectivity index is 1.38. The van der Waals surface area contributed by atoms with E-state index >= 15 is 0 Å². The highest BCUT2D eigenvalue weighted by atomic mass is 19.4. The minimum atomic E-state index is -4.59. The van der Waals surface area contributed by atoms with Crippen molar-refractivity contribution in [3.05, 3.63) is 125 Å². The number of esters is 1. The summed E-state index contributed by atoms with van der Waals surface area (Å²) in [5.41, 5.74) is 2.48. The first-order valence-corrected chi connectivity index (χ1v) is 12.0. The average molecular weight is 562 g/mol. The van der Waals surface area contributed by atoms with Crippen molar-refractivity contribution in [3.8, 4) is 11.5 Å². The molecule has 8 nitrogen and oxygen atoms in total. The van der Waals surface area contributed by atoms with Crippen molar-refractivity contribution in [2.24, 2.45) is 5.10 Å². The summed E-state index contributed by atoms with van der Waals surface area (Å²) < 4.78 is 49.6. The molecular formula is C30H22F3N3O5. The van der Waals surface area contributed by atoms with Gasteiger partial charge in [0.25, 0.3) is 11.8 Å². The van der Waals surface area contributed by atoms with Crippen molar-refractivity contribution < 1.29 is 37.0 Å². The lowest BCUT2D eigenvalue weighted by molar-refractivity contribution is -0.137. The number of nitrogens with one attached hydrogen (secondary N) is 2. The highest BCUT2D eigenvalue weighted by Gasteiger charge is 2.30. The van der Waals surface area contributed by atoms with Gasteiger partial charge in [0, 0.05) is 16.8 Å². The Bertz CT molecular complexity index is 1600. The first kappa shape index (κ1) is 28.6. The number of ether oxygens (including phenoxy) is 2. The fourth-order valence-electron chi connectivity index (χ4n) is 3.59. The van der Waals surface area contributed by atoms with Crippen LogP contribution in [-0.2, 0) is 6.18 Å². The largest absolute Gasteiger partial charge is 0.493 e.